The number of ether oxygens (including phenoxy) is 1. The van der Waals surface area contributed by atoms with Crippen molar-refractivity contribution in [1.29, 1.82) is 5.26 Å². The number of rotatable bonds is 7. The van der Waals surface area contributed by atoms with E-state index in [-0.39, 0.29) is 6.41 Å². The number of thioether (sulfide) groups is 1. The van der Waals surface area contributed by atoms with Gasteiger partial charge in [0.15, 0.2) is 5.13 Å². The van der Waals surface area contributed by atoms with Gasteiger partial charge < -0.3 is 15.4 Å². The summed E-state index contributed by atoms with van der Waals surface area (Å²) in [6.07, 6.45) is 3.19. The highest BCUT2D eigenvalue weighted by Crippen LogP contribution is 2.35. The Bertz CT molecular complexity index is 980. The van der Waals surface area contributed by atoms with Gasteiger partial charge in [0.05, 0.1) is 18.7 Å². The zero-order valence-electron chi connectivity index (χ0n) is 17.2. The van der Waals surface area contributed by atoms with Crippen LogP contribution in [0.25, 0.3) is 0 Å². The van der Waals surface area contributed by atoms with Gasteiger partial charge in [0, 0.05) is 17.1 Å². The van der Waals surface area contributed by atoms with Crippen molar-refractivity contribution in [2.75, 3.05) is 24.8 Å². The molecule has 3 aromatic rings. The summed E-state index contributed by atoms with van der Waals surface area (Å²) in [6.45, 7) is 2.91. The first-order chi connectivity index (χ1) is 14.6. The lowest BCUT2D eigenvalue weighted by Gasteiger charge is -2.22. The Hall–Kier alpha value is -3.02. The first kappa shape index (κ1) is 23.3. The maximum Gasteiger partial charge on any atom is 0.204 e. The number of hydrogen-bond donors (Lipinski definition) is 1. The van der Waals surface area contributed by atoms with Crippen molar-refractivity contribution >= 4 is 40.3 Å². The highest BCUT2D eigenvalue weighted by Gasteiger charge is 2.16. The van der Waals surface area contributed by atoms with Crippen LogP contribution in [0.1, 0.15) is 16.0 Å². The molecule has 8 heteroatoms. The first-order valence-corrected chi connectivity index (χ1v) is 11.2. The molecule has 30 heavy (non-hydrogen) atoms. The number of aromatic nitrogens is 1. The average molecular weight is 441 g/mol. The maximum atomic E-state index is 9.06. The molecular formula is C22H24N4O2S2. The van der Waals surface area contributed by atoms with E-state index >= 15 is 0 Å². The Morgan fingerprint density at radius 3 is 2.37 bits per heavy atom. The summed E-state index contributed by atoms with van der Waals surface area (Å²) in [5.74, 6) is 0.864. The van der Waals surface area contributed by atoms with Crippen LogP contribution in [0.3, 0.4) is 0 Å². The summed E-state index contributed by atoms with van der Waals surface area (Å²) >= 11 is 3.37. The second-order valence-electron chi connectivity index (χ2n) is 6.11. The van der Waals surface area contributed by atoms with Gasteiger partial charge in [0.25, 0.3) is 0 Å². The molecule has 2 N–H and O–H groups in total. The van der Waals surface area contributed by atoms with Crippen LogP contribution in [-0.4, -0.2) is 31.3 Å². The van der Waals surface area contributed by atoms with Crippen LogP contribution in [0.2, 0.25) is 0 Å². The first-order valence-electron chi connectivity index (χ1n) is 9.13. The largest absolute Gasteiger partial charge is 0.497 e. The minimum atomic E-state index is 0.250. The van der Waals surface area contributed by atoms with Crippen LogP contribution in [0.15, 0.2) is 53.6 Å². The fraction of sp³-hybridized carbons (Fsp3) is 0.227. The predicted molar refractivity (Wildman–Crippen MR) is 124 cm³/mol. The van der Waals surface area contributed by atoms with Gasteiger partial charge in [-0.3, -0.25) is 4.79 Å². The summed E-state index contributed by atoms with van der Waals surface area (Å²) in [6, 6.07) is 18.0. The molecule has 1 aromatic heterocycles. The summed E-state index contributed by atoms with van der Waals surface area (Å²) < 4.78 is 5.24. The Balaban J connectivity index is 0.00000101. The molecule has 6 nitrogen and oxygen atoms in total. The van der Waals surface area contributed by atoms with E-state index < -0.39 is 0 Å². The lowest BCUT2D eigenvalue weighted by Crippen LogP contribution is -2.20. The molecule has 0 radical (unpaired) electrons. The smallest absolute Gasteiger partial charge is 0.204 e. The Kier molecular flexibility index (Phi) is 9.19. The lowest BCUT2D eigenvalue weighted by atomic mass is 10.1. The molecule has 0 spiro atoms. The van der Waals surface area contributed by atoms with E-state index in [0.29, 0.717) is 5.56 Å². The number of carbonyl (C=O) groups excluding carboxylic acids is 1. The van der Waals surface area contributed by atoms with E-state index in [1.54, 1.807) is 30.2 Å². The van der Waals surface area contributed by atoms with Crippen LogP contribution in [0, 0.1) is 18.3 Å². The molecule has 3 rings (SSSR count). The third-order valence-electron chi connectivity index (χ3n) is 4.26. The maximum absolute atomic E-state index is 9.06. The average Bonchev–Trinajstić information content (AvgIpc) is 3.15. The van der Waals surface area contributed by atoms with Crippen LogP contribution >= 0.6 is 23.1 Å². The number of amides is 1. The Labute approximate surface area is 185 Å². The summed E-state index contributed by atoms with van der Waals surface area (Å²) in [5, 5.41) is 11.1. The fourth-order valence-electron chi connectivity index (χ4n) is 2.76. The number of carbonyl (C=O) groups is 1. The number of nitrogens with zero attached hydrogens (tertiary/aromatic N) is 3. The third kappa shape index (κ3) is 6.24. The van der Waals surface area contributed by atoms with Gasteiger partial charge >= 0.3 is 0 Å². The van der Waals surface area contributed by atoms with E-state index in [1.165, 1.54) is 10.4 Å². The molecule has 0 aliphatic carbocycles. The van der Waals surface area contributed by atoms with Gasteiger partial charge in [-0.25, -0.2) is 4.98 Å². The topological polar surface area (TPSA) is 92.2 Å². The van der Waals surface area contributed by atoms with E-state index in [1.807, 2.05) is 36.4 Å². The number of nitrogens with two attached hydrogens (primary N) is 1. The third-order valence-corrected chi connectivity index (χ3v) is 6.17. The van der Waals surface area contributed by atoms with Crippen molar-refractivity contribution in [2.45, 2.75) is 18.4 Å². The molecule has 0 aliphatic heterocycles. The zero-order chi connectivity index (χ0) is 21.9. The van der Waals surface area contributed by atoms with E-state index in [2.05, 4.69) is 42.0 Å². The molecular weight excluding hydrogens is 416 g/mol. The predicted octanol–water partition coefficient (Wildman–Crippen LogP) is 4.54. The van der Waals surface area contributed by atoms with Crippen molar-refractivity contribution < 1.29 is 9.53 Å². The van der Waals surface area contributed by atoms with Gasteiger partial charge in [-0.2, -0.15) is 5.26 Å². The van der Waals surface area contributed by atoms with Crippen molar-refractivity contribution in [1.82, 2.24) is 4.98 Å². The standard InChI is InChI=1S/C21H21N3OS2.CH3NO/c1-15-20(26-3)23-21(27-15)24(18-8-4-17(14-22)5-9-18)13-12-16-6-10-19(25-2)11-7-16;2-1-3/h4-11H,12-13H2,1-3H3;1H,(H2,2,3). The molecule has 0 unspecified atom stereocenters. The number of primary amides is 1. The highest BCUT2D eigenvalue weighted by molar-refractivity contribution is 7.98. The number of nitriles is 1. The zero-order valence-corrected chi connectivity index (χ0v) is 18.8. The molecule has 0 bridgehead atoms. The minimum Gasteiger partial charge on any atom is -0.497 e. The molecule has 0 atom stereocenters. The number of methoxy groups -OCH3 is 1. The van der Waals surface area contributed by atoms with Crippen LogP contribution in [0.4, 0.5) is 10.8 Å². The van der Waals surface area contributed by atoms with Crippen molar-refractivity contribution in [3.63, 3.8) is 0 Å². The van der Waals surface area contributed by atoms with Crippen LogP contribution in [-0.2, 0) is 11.2 Å². The molecule has 156 valence electrons. The molecule has 1 amide bonds. The SMILES string of the molecule is COc1ccc(CCN(c2ccc(C#N)cc2)c2nc(SC)c(C)s2)cc1.NC=O. The monoisotopic (exact) mass is 440 g/mol. The highest BCUT2D eigenvalue weighted by atomic mass is 32.2. The molecule has 0 fully saturated rings. The summed E-state index contributed by atoms with van der Waals surface area (Å²) in [7, 11) is 1.68. The lowest BCUT2D eigenvalue weighted by molar-refractivity contribution is -0.106. The number of benzene rings is 2. The Morgan fingerprint density at radius 2 is 1.87 bits per heavy atom. The second kappa shape index (κ2) is 11.9. The van der Waals surface area contributed by atoms with E-state index in [9.17, 15) is 0 Å². The molecule has 0 saturated carbocycles. The van der Waals surface area contributed by atoms with Crippen molar-refractivity contribution in [3.8, 4) is 11.8 Å². The second-order valence-corrected chi connectivity index (χ2v) is 8.08. The fourth-order valence-corrected chi connectivity index (χ4v) is 4.51. The number of aryl methyl sites for hydroxylation is 1. The molecule has 0 saturated heterocycles. The van der Waals surface area contributed by atoms with Gasteiger partial charge in [0.2, 0.25) is 6.41 Å². The normalized spacial score (nSPS) is 9.80. The van der Waals surface area contributed by atoms with Crippen molar-refractivity contribution in [2.24, 2.45) is 5.73 Å². The molecule has 1 heterocycles. The number of anilines is 2. The molecule has 2 aromatic carbocycles. The van der Waals surface area contributed by atoms with E-state index in [0.717, 1.165) is 34.6 Å². The number of thiazole rings is 1. The van der Waals surface area contributed by atoms with Gasteiger partial charge in [-0.05, 0) is 61.6 Å². The van der Waals surface area contributed by atoms with Gasteiger partial charge in [-0.15, -0.1) is 23.1 Å². The van der Waals surface area contributed by atoms with Gasteiger partial charge in [0.1, 0.15) is 10.8 Å². The van der Waals surface area contributed by atoms with Gasteiger partial charge in [-0.1, -0.05) is 12.1 Å². The van der Waals surface area contributed by atoms with E-state index in [4.69, 9.17) is 19.8 Å². The minimum absolute atomic E-state index is 0.250. The van der Waals surface area contributed by atoms with Crippen molar-refractivity contribution in [3.05, 3.63) is 64.5 Å². The summed E-state index contributed by atoms with van der Waals surface area (Å²) in [4.78, 5) is 16.8. The quantitative estimate of drug-likeness (QED) is 0.428. The Morgan fingerprint density at radius 1 is 1.23 bits per heavy atom. The summed E-state index contributed by atoms with van der Waals surface area (Å²) in [5.41, 5.74) is 7.12. The van der Waals surface area contributed by atoms with Crippen LogP contribution < -0.4 is 15.4 Å². The van der Waals surface area contributed by atoms with Crippen LogP contribution in [0.5, 0.6) is 5.75 Å². The molecule has 0 aliphatic rings. The number of hydrogen-bond acceptors (Lipinski definition) is 7.